The van der Waals surface area contributed by atoms with Gasteiger partial charge in [0.15, 0.2) is 0 Å². The van der Waals surface area contributed by atoms with Gasteiger partial charge in [-0.1, -0.05) is 31.2 Å². The molecule has 0 radical (unpaired) electrons. The van der Waals surface area contributed by atoms with E-state index in [4.69, 9.17) is 4.74 Å². The second-order valence-electron chi connectivity index (χ2n) is 11.6. The van der Waals surface area contributed by atoms with Gasteiger partial charge in [-0.3, -0.25) is 9.69 Å². The van der Waals surface area contributed by atoms with Gasteiger partial charge in [0.2, 0.25) is 5.91 Å². The number of carbonyl (C=O) groups excluding carboxylic acids is 2. The van der Waals surface area contributed by atoms with Crippen LogP contribution in [0.25, 0.3) is 0 Å². The number of rotatable bonds is 5. The second-order valence-corrected chi connectivity index (χ2v) is 11.6. The first kappa shape index (κ1) is 27.1. The number of hydrogen-bond donors (Lipinski definition) is 1. The Bertz CT molecular complexity index is 1150. The smallest absolute Gasteiger partial charge is 0.410 e. The van der Waals surface area contributed by atoms with E-state index >= 15 is 0 Å². The number of fused-ring (bicyclic) bond motifs is 1. The lowest BCUT2D eigenvalue weighted by Gasteiger charge is -2.40. The minimum atomic E-state index is -0.554. The maximum Gasteiger partial charge on any atom is 0.410 e. The van der Waals surface area contributed by atoms with E-state index < -0.39 is 11.0 Å². The van der Waals surface area contributed by atoms with Crippen molar-refractivity contribution in [1.29, 1.82) is 0 Å². The summed E-state index contributed by atoms with van der Waals surface area (Å²) in [7, 11) is 0. The van der Waals surface area contributed by atoms with Crippen molar-refractivity contribution < 1.29 is 23.8 Å². The summed E-state index contributed by atoms with van der Waals surface area (Å²) in [5.41, 5.74) is 2.68. The van der Waals surface area contributed by atoms with Gasteiger partial charge < -0.3 is 19.6 Å². The molecule has 2 aliphatic heterocycles. The number of amides is 2. The molecule has 2 aromatic rings. The standard InChI is InChI=1S/C29H38FN3O4/c1-20-16-31(12-13-32(20)27(36)37-28(2,3)4)17-26(35)33-18-29(5,19-34)24-11-8-22(15-25(24)33)14-21-6-9-23(30)10-7-21/h6-11,15,20,34H,12-14,16-19H2,1-5H3. The zero-order chi connectivity index (χ0) is 27.0. The third kappa shape index (κ3) is 6.13. The van der Waals surface area contributed by atoms with Crippen LogP contribution >= 0.6 is 0 Å². The summed E-state index contributed by atoms with van der Waals surface area (Å²) in [6, 6.07) is 12.4. The summed E-state index contributed by atoms with van der Waals surface area (Å²) in [5.74, 6) is -0.301. The fourth-order valence-electron chi connectivity index (χ4n) is 5.18. The summed E-state index contributed by atoms with van der Waals surface area (Å²) in [5, 5.41) is 10.2. The normalized spacial score (nSPS) is 22.2. The van der Waals surface area contributed by atoms with Crippen LogP contribution in [-0.4, -0.2) is 77.9 Å². The Morgan fingerprint density at radius 3 is 2.41 bits per heavy atom. The first-order valence-electron chi connectivity index (χ1n) is 12.9. The number of nitrogens with zero attached hydrogens (tertiary/aromatic N) is 3. The number of hydrogen-bond acceptors (Lipinski definition) is 5. The molecule has 0 bridgehead atoms. The topological polar surface area (TPSA) is 73.3 Å². The van der Waals surface area contributed by atoms with Gasteiger partial charge in [0.05, 0.1) is 13.2 Å². The van der Waals surface area contributed by atoms with Crippen LogP contribution in [0.3, 0.4) is 0 Å². The molecule has 8 heteroatoms. The Balaban J connectivity index is 1.46. The predicted octanol–water partition coefficient (Wildman–Crippen LogP) is 3.95. The molecule has 2 atom stereocenters. The third-order valence-corrected chi connectivity index (χ3v) is 7.18. The van der Waals surface area contributed by atoms with Gasteiger partial charge in [-0.2, -0.15) is 0 Å². The number of anilines is 1. The van der Waals surface area contributed by atoms with Crippen molar-refractivity contribution in [3.8, 4) is 0 Å². The van der Waals surface area contributed by atoms with Gasteiger partial charge in [0, 0.05) is 43.3 Å². The lowest BCUT2D eigenvalue weighted by molar-refractivity contribution is -0.120. The van der Waals surface area contributed by atoms with Crippen LogP contribution in [-0.2, 0) is 21.4 Å². The predicted molar refractivity (Wildman–Crippen MR) is 141 cm³/mol. The van der Waals surface area contributed by atoms with Crippen LogP contribution in [0.15, 0.2) is 42.5 Å². The Morgan fingerprint density at radius 1 is 1.11 bits per heavy atom. The molecule has 1 fully saturated rings. The number of benzene rings is 2. The zero-order valence-corrected chi connectivity index (χ0v) is 22.5. The van der Waals surface area contributed by atoms with Crippen LogP contribution in [0, 0.1) is 5.82 Å². The van der Waals surface area contributed by atoms with E-state index in [0.29, 0.717) is 32.6 Å². The lowest BCUT2D eigenvalue weighted by Crippen LogP contribution is -2.56. The molecule has 200 valence electrons. The molecule has 4 rings (SSSR count). The average Bonchev–Trinajstić information content (AvgIpc) is 3.12. The van der Waals surface area contributed by atoms with E-state index in [2.05, 4.69) is 4.90 Å². The number of aliphatic hydroxyl groups excluding tert-OH is 1. The van der Waals surface area contributed by atoms with Gasteiger partial charge >= 0.3 is 6.09 Å². The van der Waals surface area contributed by atoms with Gasteiger partial charge in [-0.05, 0) is 69.0 Å². The van der Waals surface area contributed by atoms with Crippen LogP contribution < -0.4 is 4.90 Å². The molecule has 7 nitrogen and oxygen atoms in total. The number of halogens is 1. The maximum absolute atomic E-state index is 13.6. The quantitative estimate of drug-likeness (QED) is 0.658. The molecule has 2 unspecified atom stereocenters. The molecule has 0 saturated carbocycles. The summed E-state index contributed by atoms with van der Waals surface area (Å²) in [6.45, 7) is 11.7. The van der Waals surface area contributed by atoms with Crippen molar-refractivity contribution in [3.63, 3.8) is 0 Å². The summed E-state index contributed by atoms with van der Waals surface area (Å²) in [4.78, 5) is 31.7. The van der Waals surface area contributed by atoms with E-state index in [1.54, 1.807) is 21.9 Å². The summed E-state index contributed by atoms with van der Waals surface area (Å²) in [6.07, 6.45) is 0.294. The van der Waals surface area contributed by atoms with Gasteiger partial charge in [-0.25, -0.2) is 9.18 Å². The Kier molecular flexibility index (Phi) is 7.62. The summed E-state index contributed by atoms with van der Waals surface area (Å²) >= 11 is 0. The third-order valence-electron chi connectivity index (χ3n) is 7.18. The van der Waals surface area contributed by atoms with E-state index in [0.717, 1.165) is 22.4 Å². The molecular formula is C29H38FN3O4. The zero-order valence-electron chi connectivity index (χ0n) is 22.5. The van der Waals surface area contributed by atoms with Gasteiger partial charge in [0.25, 0.3) is 0 Å². The molecule has 2 aromatic carbocycles. The molecule has 2 aliphatic rings. The van der Waals surface area contributed by atoms with Gasteiger partial charge in [-0.15, -0.1) is 0 Å². The van der Waals surface area contributed by atoms with Crippen LogP contribution in [0.4, 0.5) is 14.9 Å². The fourth-order valence-corrected chi connectivity index (χ4v) is 5.18. The molecule has 2 amide bonds. The van der Waals surface area contributed by atoms with Crippen LogP contribution in [0.1, 0.15) is 51.3 Å². The Hall–Kier alpha value is -2.97. The highest BCUT2D eigenvalue weighted by Gasteiger charge is 2.42. The SMILES string of the molecule is CC1CN(CC(=O)N2CC(C)(CO)c3ccc(Cc4ccc(F)cc4)cc32)CCN1C(=O)OC(C)(C)C. The number of piperazine rings is 1. The fraction of sp³-hybridized carbons (Fsp3) is 0.517. The highest BCUT2D eigenvalue weighted by molar-refractivity contribution is 5.97. The molecule has 0 aromatic heterocycles. The first-order chi connectivity index (χ1) is 17.4. The van der Waals surface area contributed by atoms with Crippen molar-refractivity contribution in [3.05, 3.63) is 65.0 Å². The maximum atomic E-state index is 13.6. The number of carbonyl (C=O) groups is 2. The molecule has 1 N–H and O–H groups in total. The highest BCUT2D eigenvalue weighted by atomic mass is 19.1. The number of aliphatic hydroxyl groups is 1. The van der Waals surface area contributed by atoms with Crippen molar-refractivity contribution in [1.82, 2.24) is 9.80 Å². The molecule has 1 saturated heterocycles. The molecule has 0 aliphatic carbocycles. The Labute approximate surface area is 218 Å². The van der Waals surface area contributed by atoms with E-state index in [1.807, 2.05) is 52.8 Å². The molecule has 2 heterocycles. The Morgan fingerprint density at radius 2 is 1.78 bits per heavy atom. The first-order valence-corrected chi connectivity index (χ1v) is 12.9. The average molecular weight is 512 g/mol. The van der Waals surface area contributed by atoms with E-state index in [-0.39, 0.29) is 37.0 Å². The highest BCUT2D eigenvalue weighted by Crippen LogP contribution is 2.41. The van der Waals surface area contributed by atoms with E-state index in [1.165, 1.54) is 12.1 Å². The van der Waals surface area contributed by atoms with E-state index in [9.17, 15) is 19.1 Å². The largest absolute Gasteiger partial charge is 0.444 e. The van der Waals surface area contributed by atoms with Gasteiger partial charge in [0.1, 0.15) is 11.4 Å². The monoisotopic (exact) mass is 511 g/mol. The van der Waals surface area contributed by atoms with Crippen LogP contribution in [0.5, 0.6) is 0 Å². The number of ether oxygens (including phenoxy) is 1. The van der Waals surface area contributed by atoms with Crippen molar-refractivity contribution in [2.24, 2.45) is 0 Å². The minimum absolute atomic E-state index is 0.0322. The minimum Gasteiger partial charge on any atom is -0.444 e. The van der Waals surface area contributed by atoms with Crippen molar-refractivity contribution in [2.45, 2.75) is 58.1 Å². The van der Waals surface area contributed by atoms with Crippen molar-refractivity contribution >= 4 is 17.7 Å². The molecular weight excluding hydrogens is 473 g/mol. The molecule has 0 spiro atoms. The van der Waals surface area contributed by atoms with Crippen LogP contribution in [0.2, 0.25) is 0 Å². The van der Waals surface area contributed by atoms with Crippen molar-refractivity contribution in [2.75, 3.05) is 44.2 Å². The summed E-state index contributed by atoms with van der Waals surface area (Å²) < 4.78 is 18.8. The second kappa shape index (κ2) is 10.4. The molecule has 37 heavy (non-hydrogen) atoms. The lowest BCUT2D eigenvalue weighted by atomic mass is 9.85.